The molecule has 0 spiro atoms. The number of rotatable bonds is 4. The topological polar surface area (TPSA) is 49.8 Å². The van der Waals surface area contributed by atoms with E-state index >= 15 is 0 Å². The van der Waals surface area contributed by atoms with Gasteiger partial charge in [0.1, 0.15) is 5.82 Å². The zero-order valence-electron chi connectivity index (χ0n) is 8.54. The lowest BCUT2D eigenvalue weighted by Crippen LogP contribution is -2.33. The van der Waals surface area contributed by atoms with Crippen molar-refractivity contribution in [3.8, 4) is 0 Å². The first-order valence-corrected chi connectivity index (χ1v) is 6.04. The molecule has 1 fully saturated rings. The Hall–Kier alpha value is -0.520. The van der Waals surface area contributed by atoms with Gasteiger partial charge in [-0.1, -0.05) is 0 Å². The molecule has 0 unspecified atom stereocenters. The van der Waals surface area contributed by atoms with Crippen LogP contribution < -0.4 is 10.6 Å². The van der Waals surface area contributed by atoms with E-state index < -0.39 is 0 Å². The van der Waals surface area contributed by atoms with E-state index in [1.54, 1.807) is 12.4 Å². The maximum Gasteiger partial charge on any atom is 0.142 e. The van der Waals surface area contributed by atoms with Crippen molar-refractivity contribution in [3.05, 3.63) is 22.7 Å². The Balaban J connectivity index is 1.71. The summed E-state index contributed by atoms with van der Waals surface area (Å²) in [5, 5.41) is 6.80. The van der Waals surface area contributed by atoms with Crippen LogP contribution in [0.15, 0.2) is 16.9 Å². The van der Waals surface area contributed by atoms with Gasteiger partial charge in [0.2, 0.25) is 0 Å². The Labute approximate surface area is 98.0 Å². The first-order valence-electron chi connectivity index (χ1n) is 5.25. The molecular formula is C10H15BrN4. The van der Waals surface area contributed by atoms with Crippen molar-refractivity contribution in [2.45, 2.75) is 25.4 Å². The van der Waals surface area contributed by atoms with E-state index in [1.807, 2.05) is 0 Å². The Morgan fingerprint density at radius 2 is 2.27 bits per heavy atom. The van der Waals surface area contributed by atoms with E-state index in [0.29, 0.717) is 6.04 Å². The summed E-state index contributed by atoms with van der Waals surface area (Å²) in [5.74, 6) is 0.844. The van der Waals surface area contributed by atoms with Crippen LogP contribution in [0.1, 0.15) is 18.7 Å². The molecule has 2 N–H and O–H groups in total. The second-order valence-corrected chi connectivity index (χ2v) is 4.66. The third kappa shape index (κ3) is 3.52. The van der Waals surface area contributed by atoms with Crippen LogP contribution in [0.5, 0.6) is 0 Å². The molecule has 0 aliphatic carbocycles. The molecule has 4 nitrogen and oxygen atoms in total. The molecule has 1 saturated heterocycles. The summed E-state index contributed by atoms with van der Waals surface area (Å²) in [7, 11) is 0. The molecule has 5 heteroatoms. The summed E-state index contributed by atoms with van der Waals surface area (Å²) < 4.78 is 0.920. The van der Waals surface area contributed by atoms with Gasteiger partial charge in [-0.05, 0) is 35.3 Å². The van der Waals surface area contributed by atoms with E-state index in [0.717, 1.165) is 29.9 Å². The van der Waals surface area contributed by atoms with Crippen molar-refractivity contribution in [3.63, 3.8) is 0 Å². The molecule has 1 aliphatic rings. The third-order valence-corrected chi connectivity index (χ3v) is 2.92. The van der Waals surface area contributed by atoms with Gasteiger partial charge in [-0.3, -0.25) is 0 Å². The molecule has 0 amide bonds. The highest BCUT2D eigenvalue weighted by atomic mass is 79.9. The molecule has 0 radical (unpaired) electrons. The molecule has 82 valence electrons. The van der Waals surface area contributed by atoms with Crippen molar-refractivity contribution in [2.75, 3.05) is 13.1 Å². The smallest absolute Gasteiger partial charge is 0.142 e. The first-order chi connectivity index (χ1) is 7.34. The molecule has 0 saturated carbocycles. The summed E-state index contributed by atoms with van der Waals surface area (Å²) in [5.41, 5.74) is 0. The summed E-state index contributed by atoms with van der Waals surface area (Å²) in [4.78, 5) is 8.40. The van der Waals surface area contributed by atoms with E-state index in [4.69, 9.17) is 0 Å². The van der Waals surface area contributed by atoms with Crippen molar-refractivity contribution < 1.29 is 0 Å². The van der Waals surface area contributed by atoms with Crippen LogP contribution in [-0.2, 0) is 6.54 Å². The Bertz CT molecular complexity index is 295. The summed E-state index contributed by atoms with van der Waals surface area (Å²) in [6.45, 7) is 2.89. The normalized spacial score (nSPS) is 20.7. The molecule has 1 atom stereocenters. The van der Waals surface area contributed by atoms with Crippen LogP contribution in [-0.4, -0.2) is 29.1 Å². The van der Waals surface area contributed by atoms with Crippen LogP contribution in [0, 0.1) is 0 Å². The molecular weight excluding hydrogens is 256 g/mol. The van der Waals surface area contributed by atoms with Crippen LogP contribution in [0.4, 0.5) is 0 Å². The SMILES string of the molecule is Brc1cnc(CNC[C@@H]2CCCN2)nc1. The number of hydrogen-bond acceptors (Lipinski definition) is 4. The largest absolute Gasteiger partial charge is 0.313 e. The maximum absolute atomic E-state index is 4.20. The molecule has 1 aliphatic heterocycles. The Morgan fingerprint density at radius 1 is 1.47 bits per heavy atom. The van der Waals surface area contributed by atoms with Crippen molar-refractivity contribution in [1.29, 1.82) is 0 Å². The monoisotopic (exact) mass is 270 g/mol. The van der Waals surface area contributed by atoms with E-state index in [2.05, 4.69) is 36.5 Å². The highest BCUT2D eigenvalue weighted by molar-refractivity contribution is 9.10. The lowest BCUT2D eigenvalue weighted by Gasteiger charge is -2.10. The maximum atomic E-state index is 4.20. The Morgan fingerprint density at radius 3 is 2.93 bits per heavy atom. The summed E-state index contributed by atoms with van der Waals surface area (Å²) in [6, 6.07) is 0.625. The minimum atomic E-state index is 0.625. The molecule has 0 aromatic carbocycles. The van der Waals surface area contributed by atoms with Gasteiger partial charge >= 0.3 is 0 Å². The molecule has 15 heavy (non-hydrogen) atoms. The van der Waals surface area contributed by atoms with Gasteiger partial charge < -0.3 is 10.6 Å². The van der Waals surface area contributed by atoms with Crippen LogP contribution in [0.2, 0.25) is 0 Å². The van der Waals surface area contributed by atoms with Gasteiger partial charge in [-0.15, -0.1) is 0 Å². The fraction of sp³-hybridized carbons (Fsp3) is 0.600. The van der Waals surface area contributed by atoms with E-state index in [9.17, 15) is 0 Å². The predicted molar refractivity (Wildman–Crippen MR) is 62.5 cm³/mol. The van der Waals surface area contributed by atoms with Gasteiger partial charge in [-0.2, -0.15) is 0 Å². The highest BCUT2D eigenvalue weighted by Gasteiger charge is 2.12. The number of nitrogens with zero attached hydrogens (tertiary/aromatic N) is 2. The number of nitrogens with one attached hydrogen (secondary N) is 2. The van der Waals surface area contributed by atoms with Gasteiger partial charge in [0, 0.05) is 25.0 Å². The summed E-state index contributed by atoms with van der Waals surface area (Å²) >= 11 is 3.31. The molecule has 0 bridgehead atoms. The number of halogens is 1. The Kier molecular flexibility index (Phi) is 4.05. The lowest BCUT2D eigenvalue weighted by atomic mass is 10.2. The van der Waals surface area contributed by atoms with Crippen LogP contribution in [0.25, 0.3) is 0 Å². The predicted octanol–water partition coefficient (Wildman–Crippen LogP) is 1.08. The van der Waals surface area contributed by atoms with Gasteiger partial charge in [-0.25, -0.2) is 9.97 Å². The van der Waals surface area contributed by atoms with E-state index in [-0.39, 0.29) is 0 Å². The van der Waals surface area contributed by atoms with Gasteiger partial charge in [0.15, 0.2) is 0 Å². The molecule has 1 aromatic heterocycles. The van der Waals surface area contributed by atoms with Crippen LogP contribution in [0.3, 0.4) is 0 Å². The van der Waals surface area contributed by atoms with Gasteiger partial charge in [0.25, 0.3) is 0 Å². The molecule has 2 heterocycles. The quantitative estimate of drug-likeness (QED) is 0.860. The number of aromatic nitrogens is 2. The first kappa shape index (κ1) is 11.0. The van der Waals surface area contributed by atoms with Gasteiger partial charge in [0.05, 0.1) is 11.0 Å². The fourth-order valence-corrected chi connectivity index (χ4v) is 1.92. The molecule has 2 rings (SSSR count). The zero-order chi connectivity index (χ0) is 10.5. The number of hydrogen-bond donors (Lipinski definition) is 2. The zero-order valence-corrected chi connectivity index (χ0v) is 10.1. The standard InChI is InChI=1S/C10H15BrN4/c11-8-4-14-10(15-5-8)7-12-6-9-2-1-3-13-9/h4-5,9,12-13H,1-3,6-7H2/t9-/m0/s1. The minimum absolute atomic E-state index is 0.625. The average molecular weight is 271 g/mol. The highest BCUT2D eigenvalue weighted by Crippen LogP contribution is 2.05. The lowest BCUT2D eigenvalue weighted by molar-refractivity contribution is 0.528. The van der Waals surface area contributed by atoms with Crippen LogP contribution >= 0.6 is 15.9 Å². The third-order valence-electron chi connectivity index (χ3n) is 2.51. The second kappa shape index (κ2) is 5.53. The minimum Gasteiger partial charge on any atom is -0.313 e. The van der Waals surface area contributed by atoms with E-state index in [1.165, 1.54) is 12.8 Å². The van der Waals surface area contributed by atoms with Crippen molar-refractivity contribution >= 4 is 15.9 Å². The van der Waals surface area contributed by atoms with Crippen molar-refractivity contribution in [1.82, 2.24) is 20.6 Å². The molecule has 1 aromatic rings. The second-order valence-electron chi connectivity index (χ2n) is 3.74. The average Bonchev–Trinajstić information content (AvgIpc) is 2.74. The van der Waals surface area contributed by atoms with Crippen molar-refractivity contribution in [2.24, 2.45) is 0 Å². The fourth-order valence-electron chi connectivity index (χ4n) is 1.72. The summed E-state index contributed by atoms with van der Waals surface area (Å²) in [6.07, 6.45) is 6.12.